The summed E-state index contributed by atoms with van der Waals surface area (Å²) in [5.74, 6) is 1.44. The number of hydrogen-bond acceptors (Lipinski definition) is 4. The number of ether oxygens (including phenoxy) is 1. The van der Waals surface area contributed by atoms with Crippen molar-refractivity contribution in [3.8, 4) is 5.75 Å². The topological polar surface area (TPSA) is 71.1 Å². The number of hydrogen-bond donors (Lipinski definition) is 2. The van der Waals surface area contributed by atoms with Crippen LogP contribution in [0.4, 0.5) is 0 Å². The van der Waals surface area contributed by atoms with Crippen molar-refractivity contribution in [1.29, 1.82) is 0 Å². The number of piperidine rings is 1. The van der Waals surface area contributed by atoms with Crippen molar-refractivity contribution in [1.82, 2.24) is 4.90 Å². The highest BCUT2D eigenvalue weighted by molar-refractivity contribution is 6.30. The fraction of sp³-hybridized carbons (Fsp3) is 0.533. The van der Waals surface area contributed by atoms with Crippen molar-refractivity contribution in [2.24, 2.45) is 16.8 Å². The van der Waals surface area contributed by atoms with Crippen molar-refractivity contribution < 1.29 is 9.94 Å². The molecular formula is C15H20ClN3O2. The normalized spacial score (nSPS) is 22.9. The molecule has 1 saturated heterocycles. The number of halogens is 1. The molecule has 21 heavy (non-hydrogen) atoms. The quantitative estimate of drug-likeness (QED) is 0.389. The number of likely N-dealkylation sites (tertiary alicyclic amines) is 1. The molecule has 0 saturated carbocycles. The molecule has 1 aromatic carbocycles. The summed E-state index contributed by atoms with van der Waals surface area (Å²) in [4.78, 5) is 2.32. The zero-order valence-electron chi connectivity index (χ0n) is 11.9. The first kappa shape index (κ1) is 14.5. The van der Waals surface area contributed by atoms with Gasteiger partial charge in [0.2, 0.25) is 0 Å². The van der Waals surface area contributed by atoms with Crippen LogP contribution in [-0.4, -0.2) is 35.6 Å². The van der Waals surface area contributed by atoms with Crippen LogP contribution in [0.2, 0.25) is 5.02 Å². The van der Waals surface area contributed by atoms with E-state index in [0.29, 0.717) is 5.84 Å². The number of amidine groups is 1. The molecule has 0 spiro atoms. The molecule has 2 aliphatic rings. The van der Waals surface area contributed by atoms with Crippen LogP contribution in [0.25, 0.3) is 0 Å². The Morgan fingerprint density at radius 2 is 2.38 bits per heavy atom. The van der Waals surface area contributed by atoms with E-state index in [1.54, 1.807) is 0 Å². The lowest BCUT2D eigenvalue weighted by molar-refractivity contribution is 0.190. The zero-order chi connectivity index (χ0) is 14.8. The number of rotatable bonds is 3. The molecule has 3 N–H and O–H groups in total. The average molecular weight is 310 g/mol. The SMILES string of the molecule is N/C(=N/O)C1CCCN(Cc2cc(Cl)cc3c2OCC3)C1. The van der Waals surface area contributed by atoms with Gasteiger partial charge in [-0.05, 0) is 37.1 Å². The number of oxime groups is 1. The third-order valence-corrected chi connectivity index (χ3v) is 4.48. The molecule has 0 amide bonds. The van der Waals surface area contributed by atoms with Gasteiger partial charge in [-0.25, -0.2) is 0 Å². The van der Waals surface area contributed by atoms with Gasteiger partial charge in [0.1, 0.15) is 11.6 Å². The molecule has 1 unspecified atom stereocenters. The summed E-state index contributed by atoms with van der Waals surface area (Å²) < 4.78 is 5.75. The van der Waals surface area contributed by atoms with Crippen LogP contribution in [0, 0.1) is 5.92 Å². The molecule has 6 heteroatoms. The second kappa shape index (κ2) is 6.12. The Morgan fingerprint density at radius 3 is 3.19 bits per heavy atom. The Bertz CT molecular complexity index is 562. The summed E-state index contributed by atoms with van der Waals surface area (Å²) >= 11 is 6.20. The van der Waals surface area contributed by atoms with E-state index in [4.69, 9.17) is 27.3 Å². The smallest absolute Gasteiger partial charge is 0.143 e. The van der Waals surface area contributed by atoms with Crippen molar-refractivity contribution in [2.75, 3.05) is 19.7 Å². The minimum absolute atomic E-state index is 0.122. The summed E-state index contributed by atoms with van der Waals surface area (Å²) in [7, 11) is 0. The monoisotopic (exact) mass is 309 g/mol. The lowest BCUT2D eigenvalue weighted by Crippen LogP contribution is -2.40. The third-order valence-electron chi connectivity index (χ3n) is 4.26. The van der Waals surface area contributed by atoms with E-state index in [9.17, 15) is 0 Å². The maximum Gasteiger partial charge on any atom is 0.143 e. The summed E-state index contributed by atoms with van der Waals surface area (Å²) in [5, 5.41) is 12.7. The van der Waals surface area contributed by atoms with Gasteiger partial charge >= 0.3 is 0 Å². The Balaban J connectivity index is 1.75. The van der Waals surface area contributed by atoms with E-state index in [2.05, 4.69) is 10.1 Å². The molecule has 114 valence electrons. The van der Waals surface area contributed by atoms with Gasteiger partial charge in [0.25, 0.3) is 0 Å². The summed E-state index contributed by atoms with van der Waals surface area (Å²) in [6.07, 6.45) is 2.94. The molecule has 0 radical (unpaired) electrons. The Morgan fingerprint density at radius 1 is 1.52 bits per heavy atom. The fourth-order valence-electron chi connectivity index (χ4n) is 3.23. The molecular weight excluding hydrogens is 290 g/mol. The highest BCUT2D eigenvalue weighted by Crippen LogP contribution is 2.34. The van der Waals surface area contributed by atoms with E-state index in [-0.39, 0.29) is 5.92 Å². The van der Waals surface area contributed by atoms with E-state index < -0.39 is 0 Å². The molecule has 5 nitrogen and oxygen atoms in total. The molecule has 1 fully saturated rings. The highest BCUT2D eigenvalue weighted by Gasteiger charge is 2.25. The van der Waals surface area contributed by atoms with Gasteiger partial charge in [-0.1, -0.05) is 16.8 Å². The Labute approximate surface area is 129 Å². The van der Waals surface area contributed by atoms with Gasteiger partial charge in [0.05, 0.1) is 6.61 Å². The van der Waals surface area contributed by atoms with Crippen LogP contribution in [0.15, 0.2) is 17.3 Å². The van der Waals surface area contributed by atoms with Crippen molar-refractivity contribution in [3.05, 3.63) is 28.3 Å². The standard InChI is InChI=1S/C15H20ClN3O2/c16-13-6-10-3-5-21-14(10)12(7-13)9-19-4-1-2-11(8-19)15(17)18-20/h6-7,11,20H,1-5,8-9H2,(H2,17,18). The highest BCUT2D eigenvalue weighted by atomic mass is 35.5. The molecule has 3 rings (SSSR count). The van der Waals surface area contributed by atoms with Gasteiger partial charge < -0.3 is 15.7 Å². The first-order chi connectivity index (χ1) is 10.2. The number of nitrogens with zero attached hydrogens (tertiary/aromatic N) is 2. The lowest BCUT2D eigenvalue weighted by atomic mass is 9.96. The third kappa shape index (κ3) is 3.09. The average Bonchev–Trinajstić information content (AvgIpc) is 2.95. The lowest BCUT2D eigenvalue weighted by Gasteiger charge is -2.32. The second-order valence-corrected chi connectivity index (χ2v) is 6.19. The van der Waals surface area contributed by atoms with Gasteiger partial charge in [-0.3, -0.25) is 4.90 Å². The second-order valence-electron chi connectivity index (χ2n) is 5.75. The zero-order valence-corrected chi connectivity index (χ0v) is 12.6. The summed E-state index contributed by atoms with van der Waals surface area (Å²) in [6.45, 7) is 3.33. The van der Waals surface area contributed by atoms with Crippen LogP contribution in [0.3, 0.4) is 0 Å². The summed E-state index contributed by atoms with van der Waals surface area (Å²) in [6, 6.07) is 3.97. The van der Waals surface area contributed by atoms with Gasteiger partial charge in [-0.2, -0.15) is 0 Å². The molecule has 1 aromatic rings. The van der Waals surface area contributed by atoms with Crippen LogP contribution in [0.5, 0.6) is 5.75 Å². The van der Waals surface area contributed by atoms with E-state index in [0.717, 1.165) is 61.8 Å². The molecule has 2 heterocycles. The van der Waals surface area contributed by atoms with Crippen molar-refractivity contribution >= 4 is 17.4 Å². The number of fused-ring (bicyclic) bond motifs is 1. The number of nitrogens with two attached hydrogens (primary N) is 1. The van der Waals surface area contributed by atoms with Gasteiger partial charge in [-0.15, -0.1) is 0 Å². The Kier molecular flexibility index (Phi) is 4.22. The minimum atomic E-state index is 0.122. The van der Waals surface area contributed by atoms with Crippen LogP contribution >= 0.6 is 11.6 Å². The maximum atomic E-state index is 8.83. The molecule has 2 aliphatic heterocycles. The number of benzene rings is 1. The molecule has 1 atom stereocenters. The largest absolute Gasteiger partial charge is 0.493 e. The minimum Gasteiger partial charge on any atom is -0.493 e. The summed E-state index contributed by atoms with van der Waals surface area (Å²) in [5.41, 5.74) is 8.08. The van der Waals surface area contributed by atoms with Crippen LogP contribution < -0.4 is 10.5 Å². The van der Waals surface area contributed by atoms with Gasteiger partial charge in [0.15, 0.2) is 0 Å². The molecule has 0 bridgehead atoms. The van der Waals surface area contributed by atoms with E-state index in [1.807, 2.05) is 12.1 Å². The fourth-order valence-corrected chi connectivity index (χ4v) is 3.49. The molecule has 0 aliphatic carbocycles. The van der Waals surface area contributed by atoms with E-state index in [1.165, 1.54) is 5.56 Å². The Hall–Kier alpha value is -1.46. The maximum absolute atomic E-state index is 8.83. The molecule has 0 aromatic heterocycles. The first-order valence-corrected chi connectivity index (χ1v) is 7.69. The van der Waals surface area contributed by atoms with Crippen molar-refractivity contribution in [3.63, 3.8) is 0 Å². The van der Waals surface area contributed by atoms with Crippen LogP contribution in [0.1, 0.15) is 24.0 Å². The van der Waals surface area contributed by atoms with Crippen LogP contribution in [-0.2, 0) is 13.0 Å². The predicted octanol–water partition coefficient (Wildman–Crippen LogP) is 2.23. The first-order valence-electron chi connectivity index (χ1n) is 7.31. The van der Waals surface area contributed by atoms with E-state index >= 15 is 0 Å². The van der Waals surface area contributed by atoms with Gasteiger partial charge in [0, 0.05) is 36.0 Å². The predicted molar refractivity (Wildman–Crippen MR) is 82.1 cm³/mol. The van der Waals surface area contributed by atoms with Crippen molar-refractivity contribution in [2.45, 2.75) is 25.8 Å².